The molecule has 3 fully saturated rings. The van der Waals surface area contributed by atoms with Gasteiger partial charge < -0.3 is 24.3 Å². The second-order valence-electron chi connectivity index (χ2n) is 13.7. The van der Waals surface area contributed by atoms with E-state index < -0.39 is 0 Å². The fraction of sp³-hybridized carbons (Fsp3) is 0.622. The molecule has 6 rings (SSSR count). The van der Waals surface area contributed by atoms with Crippen molar-refractivity contribution in [1.29, 1.82) is 0 Å². The van der Waals surface area contributed by atoms with Gasteiger partial charge in [0.05, 0.1) is 19.9 Å². The van der Waals surface area contributed by atoms with Gasteiger partial charge in [-0.2, -0.15) is 0 Å². The van der Waals surface area contributed by atoms with E-state index in [0.717, 1.165) is 29.0 Å². The topological polar surface area (TPSA) is 44.0 Å². The molecule has 0 radical (unpaired) electrons. The van der Waals surface area contributed by atoms with Gasteiger partial charge in [-0.1, -0.05) is 19.9 Å². The molecule has 3 aromatic rings. The molecule has 3 aliphatic rings. The zero-order valence-electron chi connectivity index (χ0n) is 27.2. The Morgan fingerprint density at radius 3 is 2.16 bits per heavy atom. The maximum absolute atomic E-state index is 5.61. The van der Waals surface area contributed by atoms with Crippen LogP contribution in [0, 0.1) is 5.92 Å². The van der Waals surface area contributed by atoms with Crippen LogP contribution in [-0.2, 0) is 6.42 Å². The van der Waals surface area contributed by atoms with E-state index >= 15 is 0 Å². The number of H-pyrrole nitrogens is 1. The second-order valence-corrected chi connectivity index (χ2v) is 13.7. The van der Waals surface area contributed by atoms with Crippen molar-refractivity contribution < 1.29 is 9.47 Å². The Morgan fingerprint density at radius 2 is 1.49 bits per heavy atom. The average Bonchev–Trinajstić information content (AvgIpc) is 3.69. The zero-order valence-corrected chi connectivity index (χ0v) is 27.2. The Morgan fingerprint density at radius 1 is 0.791 bits per heavy atom. The molecule has 6 nitrogen and oxygen atoms in total. The van der Waals surface area contributed by atoms with Gasteiger partial charge >= 0.3 is 0 Å². The molecule has 0 unspecified atom stereocenters. The number of nitrogens with zero attached hydrogens (tertiary/aromatic N) is 3. The Balaban J connectivity index is 1.03. The highest BCUT2D eigenvalue weighted by atomic mass is 16.5. The third-order valence-corrected chi connectivity index (χ3v) is 10.6. The first-order chi connectivity index (χ1) is 21.0. The number of rotatable bonds is 11. The van der Waals surface area contributed by atoms with E-state index in [4.69, 9.17) is 9.47 Å². The van der Waals surface area contributed by atoms with Crippen molar-refractivity contribution in [1.82, 2.24) is 19.7 Å². The van der Waals surface area contributed by atoms with Crippen molar-refractivity contribution in [2.45, 2.75) is 77.2 Å². The summed E-state index contributed by atoms with van der Waals surface area (Å²) in [5.41, 5.74) is 6.42. The monoisotopic (exact) mass is 586 g/mol. The maximum atomic E-state index is 5.61. The van der Waals surface area contributed by atoms with E-state index in [1.54, 1.807) is 14.2 Å². The van der Waals surface area contributed by atoms with Crippen LogP contribution in [0.1, 0.15) is 75.8 Å². The molecule has 1 saturated carbocycles. The predicted molar refractivity (Wildman–Crippen MR) is 179 cm³/mol. The quantitative estimate of drug-likeness (QED) is 0.258. The van der Waals surface area contributed by atoms with Crippen molar-refractivity contribution in [3.63, 3.8) is 0 Å². The van der Waals surface area contributed by atoms with Gasteiger partial charge in [0.15, 0.2) is 11.5 Å². The summed E-state index contributed by atoms with van der Waals surface area (Å²) in [5.74, 6) is 2.73. The van der Waals surface area contributed by atoms with Gasteiger partial charge in [0.2, 0.25) is 0 Å². The fourth-order valence-electron chi connectivity index (χ4n) is 8.13. The minimum atomic E-state index is 0.410. The standard InChI is InChI=1S/C37H54N4O2/c1-27(2)36-32-25-29(10-14-33(32)38-37(36)30-11-15-34(42-3)35(26-30)43-4)24-28-8-12-31(13-9-28)41-22-20-40(21-23-41)19-7-18-39-16-5-6-17-39/h10-11,14-15,25-28,31,38H,5-9,12-13,16-24H2,1-4H3. The summed E-state index contributed by atoms with van der Waals surface area (Å²) in [6.45, 7) is 14.9. The molecule has 43 heavy (non-hydrogen) atoms. The van der Waals surface area contributed by atoms with E-state index in [2.05, 4.69) is 63.9 Å². The minimum Gasteiger partial charge on any atom is -0.493 e. The number of likely N-dealkylation sites (tertiary alicyclic amines) is 1. The predicted octanol–water partition coefficient (Wildman–Crippen LogP) is 7.18. The van der Waals surface area contributed by atoms with Crippen LogP contribution in [0.15, 0.2) is 36.4 Å². The molecule has 0 amide bonds. The summed E-state index contributed by atoms with van der Waals surface area (Å²) in [4.78, 5) is 11.9. The summed E-state index contributed by atoms with van der Waals surface area (Å²) in [6.07, 6.45) is 10.8. The molecule has 2 aliphatic heterocycles. The highest BCUT2D eigenvalue weighted by Gasteiger charge is 2.29. The lowest BCUT2D eigenvalue weighted by atomic mass is 9.81. The third kappa shape index (κ3) is 7.08. The molecule has 234 valence electrons. The van der Waals surface area contributed by atoms with Crippen LogP contribution >= 0.6 is 0 Å². The lowest BCUT2D eigenvalue weighted by Crippen LogP contribution is -2.51. The molecule has 1 N–H and O–H groups in total. The molecule has 0 spiro atoms. The maximum Gasteiger partial charge on any atom is 0.161 e. The van der Waals surface area contributed by atoms with E-state index in [9.17, 15) is 0 Å². The largest absolute Gasteiger partial charge is 0.493 e. The number of aromatic amines is 1. The molecule has 0 atom stereocenters. The SMILES string of the molecule is COc1ccc(-c2[nH]c3ccc(CC4CCC(N5CCN(CCCN6CCCC6)CC5)CC4)cc3c2C(C)C)cc1OC. The minimum absolute atomic E-state index is 0.410. The van der Waals surface area contributed by atoms with Gasteiger partial charge in [-0.3, -0.25) is 4.90 Å². The Bertz CT molecular complexity index is 1330. The van der Waals surface area contributed by atoms with Crippen LogP contribution < -0.4 is 9.47 Å². The van der Waals surface area contributed by atoms with Crippen LogP contribution in [0.4, 0.5) is 0 Å². The van der Waals surface area contributed by atoms with Crippen LogP contribution in [-0.4, -0.2) is 92.3 Å². The fourth-order valence-corrected chi connectivity index (χ4v) is 8.13. The van der Waals surface area contributed by atoms with Crippen LogP contribution in [0.2, 0.25) is 0 Å². The molecular formula is C37H54N4O2. The van der Waals surface area contributed by atoms with E-state index in [-0.39, 0.29) is 0 Å². The molecule has 1 aliphatic carbocycles. The number of aromatic nitrogens is 1. The number of fused-ring (bicyclic) bond motifs is 1. The first-order valence-electron chi connectivity index (χ1n) is 17.1. The number of nitrogens with one attached hydrogen (secondary N) is 1. The number of piperazine rings is 1. The molecule has 2 aromatic carbocycles. The smallest absolute Gasteiger partial charge is 0.161 e. The van der Waals surface area contributed by atoms with Crippen LogP contribution in [0.3, 0.4) is 0 Å². The molecule has 6 heteroatoms. The Hall–Kier alpha value is -2.54. The van der Waals surface area contributed by atoms with Crippen molar-refractivity contribution >= 4 is 10.9 Å². The summed E-state index contributed by atoms with van der Waals surface area (Å²) in [5, 5.41) is 1.37. The van der Waals surface area contributed by atoms with Crippen LogP contribution in [0.25, 0.3) is 22.2 Å². The van der Waals surface area contributed by atoms with Crippen molar-refractivity contribution in [2.75, 3.05) is 66.6 Å². The van der Waals surface area contributed by atoms with Crippen molar-refractivity contribution in [2.24, 2.45) is 5.92 Å². The lowest BCUT2D eigenvalue weighted by molar-refractivity contribution is 0.0689. The number of hydrogen-bond donors (Lipinski definition) is 1. The van der Waals surface area contributed by atoms with E-state index in [0.29, 0.717) is 5.92 Å². The average molecular weight is 587 g/mol. The van der Waals surface area contributed by atoms with E-state index in [1.165, 1.54) is 131 Å². The first kappa shape index (κ1) is 30.5. The summed E-state index contributed by atoms with van der Waals surface area (Å²) in [7, 11) is 3.39. The zero-order chi connectivity index (χ0) is 29.8. The summed E-state index contributed by atoms with van der Waals surface area (Å²) >= 11 is 0. The lowest BCUT2D eigenvalue weighted by Gasteiger charge is -2.42. The van der Waals surface area contributed by atoms with Gasteiger partial charge in [-0.15, -0.1) is 0 Å². The van der Waals surface area contributed by atoms with Gasteiger partial charge in [0.25, 0.3) is 0 Å². The highest BCUT2D eigenvalue weighted by Crippen LogP contribution is 2.40. The van der Waals surface area contributed by atoms with Crippen LogP contribution in [0.5, 0.6) is 11.5 Å². The molecular weight excluding hydrogens is 532 g/mol. The third-order valence-electron chi connectivity index (χ3n) is 10.6. The summed E-state index contributed by atoms with van der Waals surface area (Å²) < 4.78 is 11.1. The Labute approximate surface area is 259 Å². The number of ether oxygens (including phenoxy) is 2. The number of hydrogen-bond acceptors (Lipinski definition) is 5. The van der Waals surface area contributed by atoms with E-state index in [1.807, 2.05) is 6.07 Å². The highest BCUT2D eigenvalue weighted by molar-refractivity contribution is 5.92. The first-order valence-corrected chi connectivity index (χ1v) is 17.1. The Kier molecular flexibility index (Phi) is 9.96. The van der Waals surface area contributed by atoms with Gasteiger partial charge in [0, 0.05) is 48.7 Å². The molecule has 3 heterocycles. The number of benzene rings is 2. The normalized spacial score (nSPS) is 22.5. The molecule has 1 aromatic heterocycles. The second kappa shape index (κ2) is 14.0. The molecule has 2 saturated heterocycles. The van der Waals surface area contributed by atoms with Crippen molar-refractivity contribution in [3.8, 4) is 22.8 Å². The van der Waals surface area contributed by atoms with Crippen molar-refractivity contribution in [3.05, 3.63) is 47.5 Å². The molecule has 0 bridgehead atoms. The summed E-state index contributed by atoms with van der Waals surface area (Å²) in [6, 6.07) is 14.2. The number of methoxy groups -OCH3 is 2. The van der Waals surface area contributed by atoms with Gasteiger partial charge in [-0.05, 0) is 131 Å². The van der Waals surface area contributed by atoms with Gasteiger partial charge in [0.1, 0.15) is 0 Å². The van der Waals surface area contributed by atoms with Gasteiger partial charge in [-0.25, -0.2) is 0 Å².